The molecule has 98 valence electrons. The summed E-state index contributed by atoms with van der Waals surface area (Å²) >= 11 is 0. The Hall–Kier alpha value is -1.60. The zero-order valence-corrected chi connectivity index (χ0v) is 11.5. The summed E-state index contributed by atoms with van der Waals surface area (Å²) in [5.74, 6) is 0. The first-order valence-corrected chi connectivity index (χ1v) is 6.13. The second kappa shape index (κ2) is 5.83. The number of nitrogens with one attached hydrogen (secondary N) is 1. The molecule has 0 aliphatic rings. The first-order chi connectivity index (χ1) is 8.39. The number of aliphatic hydroxyl groups is 1. The molecule has 18 heavy (non-hydrogen) atoms. The molecule has 0 aliphatic carbocycles. The number of aliphatic hydroxyl groups excluding tert-OH is 1. The van der Waals surface area contributed by atoms with Crippen LogP contribution in [0.2, 0.25) is 0 Å². The molecule has 0 spiro atoms. The minimum atomic E-state index is -0.00739. The third kappa shape index (κ3) is 3.71. The van der Waals surface area contributed by atoms with Crippen LogP contribution in [0.3, 0.4) is 0 Å². The molecular weight excluding hydrogens is 226 g/mol. The number of hydrogen-bond donors (Lipinski definition) is 2. The molecule has 4 heteroatoms. The summed E-state index contributed by atoms with van der Waals surface area (Å²) in [6.45, 7) is 8.82. The maximum atomic E-state index is 9.15. The summed E-state index contributed by atoms with van der Waals surface area (Å²) in [4.78, 5) is 4.28. The van der Waals surface area contributed by atoms with Crippen LogP contribution < -0.4 is 5.32 Å². The second-order valence-corrected chi connectivity index (χ2v) is 5.37. The van der Waals surface area contributed by atoms with Gasteiger partial charge in [0.05, 0.1) is 16.9 Å². The fourth-order valence-electron chi connectivity index (χ4n) is 1.83. The van der Waals surface area contributed by atoms with E-state index in [4.69, 9.17) is 10.4 Å². The van der Waals surface area contributed by atoms with Crippen molar-refractivity contribution in [2.75, 3.05) is 18.5 Å². The molecule has 1 rings (SSSR count). The van der Waals surface area contributed by atoms with Gasteiger partial charge in [0.25, 0.3) is 0 Å². The molecule has 0 unspecified atom stereocenters. The number of aryl methyl sites for hydroxylation is 2. The van der Waals surface area contributed by atoms with Gasteiger partial charge in [-0.05, 0) is 31.7 Å². The predicted molar refractivity (Wildman–Crippen MR) is 72.4 cm³/mol. The van der Waals surface area contributed by atoms with E-state index in [1.807, 2.05) is 19.9 Å². The van der Waals surface area contributed by atoms with E-state index < -0.39 is 0 Å². The predicted octanol–water partition coefficient (Wildman–Crippen LogP) is 2.39. The molecule has 0 radical (unpaired) electrons. The fraction of sp³-hybridized carbons (Fsp3) is 0.571. The summed E-state index contributed by atoms with van der Waals surface area (Å²) < 4.78 is 0. The van der Waals surface area contributed by atoms with Crippen molar-refractivity contribution in [3.63, 3.8) is 0 Å². The van der Waals surface area contributed by atoms with Gasteiger partial charge >= 0.3 is 0 Å². The van der Waals surface area contributed by atoms with Gasteiger partial charge in [0.15, 0.2) is 0 Å². The van der Waals surface area contributed by atoms with E-state index in [-0.39, 0.29) is 12.0 Å². The second-order valence-electron chi connectivity index (χ2n) is 5.37. The van der Waals surface area contributed by atoms with Gasteiger partial charge in [-0.3, -0.25) is 4.98 Å². The molecule has 1 heterocycles. The smallest absolute Gasteiger partial charge is 0.103 e. The highest BCUT2D eigenvalue weighted by atomic mass is 16.3. The van der Waals surface area contributed by atoms with Gasteiger partial charge in [0.1, 0.15) is 6.07 Å². The van der Waals surface area contributed by atoms with Crippen molar-refractivity contribution in [3.8, 4) is 6.07 Å². The van der Waals surface area contributed by atoms with Crippen molar-refractivity contribution >= 4 is 5.69 Å². The normalized spacial score (nSPS) is 11.1. The zero-order valence-electron chi connectivity index (χ0n) is 11.5. The van der Waals surface area contributed by atoms with E-state index in [0.29, 0.717) is 12.1 Å². The molecule has 0 bridgehead atoms. The number of anilines is 1. The highest BCUT2D eigenvalue weighted by Gasteiger charge is 2.18. The highest BCUT2D eigenvalue weighted by molar-refractivity contribution is 5.59. The van der Waals surface area contributed by atoms with Gasteiger partial charge in [-0.25, -0.2) is 0 Å². The topological polar surface area (TPSA) is 68.9 Å². The third-order valence-corrected chi connectivity index (χ3v) is 2.99. The number of rotatable bonds is 5. The Bertz CT molecular complexity index is 461. The SMILES string of the molecule is Cc1cc(NCC(C)(C)CCO)c(C#N)c(C)n1. The molecule has 0 amide bonds. The molecule has 0 saturated heterocycles. The molecule has 4 nitrogen and oxygen atoms in total. The summed E-state index contributed by atoms with van der Waals surface area (Å²) in [5.41, 5.74) is 3.06. The average molecular weight is 247 g/mol. The zero-order chi connectivity index (χ0) is 13.8. The highest BCUT2D eigenvalue weighted by Crippen LogP contribution is 2.23. The van der Waals surface area contributed by atoms with Crippen molar-refractivity contribution in [2.45, 2.75) is 34.1 Å². The molecule has 0 aromatic carbocycles. The lowest BCUT2D eigenvalue weighted by molar-refractivity contribution is 0.220. The number of nitrogens with zero attached hydrogens (tertiary/aromatic N) is 2. The fourth-order valence-corrected chi connectivity index (χ4v) is 1.83. The van der Waals surface area contributed by atoms with E-state index in [0.717, 1.165) is 23.5 Å². The third-order valence-electron chi connectivity index (χ3n) is 2.99. The Morgan fingerprint density at radius 3 is 2.67 bits per heavy atom. The average Bonchev–Trinajstić information content (AvgIpc) is 2.26. The van der Waals surface area contributed by atoms with Crippen LogP contribution in [-0.2, 0) is 0 Å². The number of hydrogen-bond acceptors (Lipinski definition) is 4. The summed E-state index contributed by atoms with van der Waals surface area (Å²) in [6.07, 6.45) is 0.727. The van der Waals surface area contributed by atoms with E-state index >= 15 is 0 Å². The van der Waals surface area contributed by atoms with Crippen LogP contribution in [0, 0.1) is 30.6 Å². The van der Waals surface area contributed by atoms with Crippen molar-refractivity contribution < 1.29 is 5.11 Å². The molecule has 1 aromatic rings. The van der Waals surface area contributed by atoms with Gasteiger partial charge in [-0.2, -0.15) is 5.26 Å². The molecular formula is C14H21N3O. The maximum Gasteiger partial charge on any atom is 0.103 e. The van der Waals surface area contributed by atoms with Crippen LogP contribution in [0.1, 0.15) is 37.2 Å². The van der Waals surface area contributed by atoms with Crippen molar-refractivity contribution in [1.82, 2.24) is 4.98 Å². The van der Waals surface area contributed by atoms with Crippen LogP contribution in [0.25, 0.3) is 0 Å². The number of pyridine rings is 1. The molecule has 0 atom stereocenters. The molecule has 1 aromatic heterocycles. The van der Waals surface area contributed by atoms with Crippen molar-refractivity contribution in [1.29, 1.82) is 5.26 Å². The standard InChI is InChI=1S/C14H21N3O/c1-10-7-13(12(8-15)11(2)17-10)16-9-14(3,4)5-6-18/h7,18H,5-6,9H2,1-4H3,(H,16,17). The van der Waals surface area contributed by atoms with E-state index in [1.165, 1.54) is 0 Å². The minimum Gasteiger partial charge on any atom is -0.396 e. The van der Waals surface area contributed by atoms with Gasteiger partial charge in [-0.1, -0.05) is 13.8 Å². The van der Waals surface area contributed by atoms with Crippen molar-refractivity contribution in [3.05, 3.63) is 23.0 Å². The van der Waals surface area contributed by atoms with Gasteiger partial charge in [0.2, 0.25) is 0 Å². The van der Waals surface area contributed by atoms with Gasteiger partial charge in [-0.15, -0.1) is 0 Å². The van der Waals surface area contributed by atoms with E-state index in [1.54, 1.807) is 0 Å². The van der Waals surface area contributed by atoms with Crippen LogP contribution in [0.4, 0.5) is 5.69 Å². The lowest BCUT2D eigenvalue weighted by Gasteiger charge is -2.25. The Kier molecular flexibility index (Phi) is 4.69. The quantitative estimate of drug-likeness (QED) is 0.838. The molecule has 0 saturated carbocycles. The summed E-state index contributed by atoms with van der Waals surface area (Å²) in [6, 6.07) is 4.07. The lowest BCUT2D eigenvalue weighted by Crippen LogP contribution is -2.24. The Morgan fingerprint density at radius 1 is 1.44 bits per heavy atom. The summed E-state index contributed by atoms with van der Waals surface area (Å²) in [7, 11) is 0. The van der Waals surface area contributed by atoms with E-state index in [9.17, 15) is 0 Å². The van der Waals surface area contributed by atoms with Crippen molar-refractivity contribution in [2.24, 2.45) is 5.41 Å². The van der Waals surface area contributed by atoms with E-state index in [2.05, 4.69) is 30.2 Å². The number of aromatic nitrogens is 1. The Labute approximate surface area is 109 Å². The van der Waals surface area contributed by atoms with Gasteiger partial charge < -0.3 is 10.4 Å². The lowest BCUT2D eigenvalue weighted by atomic mass is 9.89. The maximum absolute atomic E-state index is 9.15. The van der Waals surface area contributed by atoms with Crippen LogP contribution in [0.5, 0.6) is 0 Å². The minimum absolute atomic E-state index is 0.00739. The molecule has 0 aliphatic heterocycles. The number of nitriles is 1. The van der Waals surface area contributed by atoms with Crippen LogP contribution in [-0.4, -0.2) is 23.2 Å². The first-order valence-electron chi connectivity index (χ1n) is 6.13. The summed E-state index contributed by atoms with van der Waals surface area (Å²) in [5, 5.41) is 21.4. The van der Waals surface area contributed by atoms with Crippen LogP contribution >= 0.6 is 0 Å². The Balaban J connectivity index is 2.88. The largest absolute Gasteiger partial charge is 0.396 e. The first kappa shape index (κ1) is 14.5. The monoisotopic (exact) mass is 247 g/mol. The molecule has 0 fully saturated rings. The molecule has 2 N–H and O–H groups in total. The Morgan fingerprint density at radius 2 is 2.11 bits per heavy atom. The van der Waals surface area contributed by atoms with Crippen LogP contribution in [0.15, 0.2) is 6.07 Å². The van der Waals surface area contributed by atoms with Gasteiger partial charge in [0, 0.05) is 18.8 Å².